The molecule has 2 aliphatic heterocycles. The number of benzene rings is 2. The number of quaternary nitrogens is 1. The minimum atomic E-state index is -0.437. The number of carbonyl (C=O) groups excluding carboxylic acids is 1. The van der Waals surface area contributed by atoms with Gasteiger partial charge in [0.1, 0.15) is 6.54 Å². The first-order chi connectivity index (χ1) is 13.6. The van der Waals surface area contributed by atoms with Gasteiger partial charge in [-0.05, 0) is 23.8 Å². The van der Waals surface area contributed by atoms with E-state index >= 15 is 0 Å². The summed E-state index contributed by atoms with van der Waals surface area (Å²) in [6.07, 6.45) is 0.273. The highest BCUT2D eigenvalue weighted by atomic mass is 16.7. The zero-order valence-electron chi connectivity index (χ0n) is 15.4. The minimum absolute atomic E-state index is 0.0388. The highest BCUT2D eigenvalue weighted by molar-refractivity contribution is 5.78. The molecule has 146 valence electrons. The predicted molar refractivity (Wildman–Crippen MR) is 100 cm³/mol. The lowest BCUT2D eigenvalue weighted by Crippen LogP contribution is -3.13. The van der Waals surface area contributed by atoms with E-state index in [0.717, 1.165) is 36.7 Å². The molecule has 0 saturated carbocycles. The van der Waals surface area contributed by atoms with Crippen molar-refractivity contribution < 1.29 is 24.1 Å². The van der Waals surface area contributed by atoms with Crippen LogP contribution in [-0.2, 0) is 17.8 Å². The molecule has 0 atom stereocenters. The maximum absolute atomic E-state index is 12.5. The lowest BCUT2D eigenvalue weighted by molar-refractivity contribution is -0.917. The Balaban J connectivity index is 1.27. The standard InChI is InChI=1S/C20H21N3O5/c24-20(12-15-1-4-17(5-2-15)23(25)26)22-9-7-21(8-10-22)13-16-3-6-18-19(11-16)28-14-27-18/h1-6,11H,7-10,12-14H2/p+1. The molecule has 2 aromatic carbocycles. The third-order valence-corrected chi connectivity index (χ3v) is 5.22. The zero-order valence-corrected chi connectivity index (χ0v) is 15.4. The third-order valence-electron chi connectivity index (χ3n) is 5.22. The maximum atomic E-state index is 12.5. The number of nitrogens with zero attached hydrogens (tertiary/aromatic N) is 2. The fourth-order valence-corrected chi connectivity index (χ4v) is 3.61. The number of fused-ring (bicyclic) bond motifs is 1. The summed E-state index contributed by atoms with van der Waals surface area (Å²) in [5.74, 6) is 1.66. The molecule has 2 aliphatic rings. The summed E-state index contributed by atoms with van der Waals surface area (Å²) < 4.78 is 10.8. The van der Waals surface area contributed by atoms with Crippen molar-refractivity contribution in [2.45, 2.75) is 13.0 Å². The van der Waals surface area contributed by atoms with Crippen molar-refractivity contribution in [3.8, 4) is 11.5 Å². The molecule has 1 N–H and O–H groups in total. The first-order valence-electron chi connectivity index (χ1n) is 9.32. The van der Waals surface area contributed by atoms with E-state index in [1.165, 1.54) is 22.6 Å². The van der Waals surface area contributed by atoms with Gasteiger partial charge in [-0.3, -0.25) is 14.9 Å². The van der Waals surface area contributed by atoms with E-state index in [-0.39, 0.29) is 24.8 Å². The second-order valence-electron chi connectivity index (χ2n) is 7.10. The van der Waals surface area contributed by atoms with Gasteiger partial charge in [-0.15, -0.1) is 0 Å². The van der Waals surface area contributed by atoms with Gasteiger partial charge in [-0.1, -0.05) is 12.1 Å². The van der Waals surface area contributed by atoms with E-state index in [0.29, 0.717) is 13.1 Å². The number of rotatable bonds is 5. The van der Waals surface area contributed by atoms with Gasteiger partial charge in [0, 0.05) is 17.7 Å². The second-order valence-corrected chi connectivity index (χ2v) is 7.10. The van der Waals surface area contributed by atoms with E-state index in [9.17, 15) is 14.9 Å². The van der Waals surface area contributed by atoms with E-state index < -0.39 is 4.92 Å². The molecule has 1 saturated heterocycles. The lowest BCUT2D eigenvalue weighted by atomic mass is 10.1. The Morgan fingerprint density at radius 1 is 1.04 bits per heavy atom. The van der Waals surface area contributed by atoms with Gasteiger partial charge in [-0.2, -0.15) is 0 Å². The quantitative estimate of drug-likeness (QED) is 0.609. The molecule has 1 amide bonds. The summed E-state index contributed by atoms with van der Waals surface area (Å²) in [5, 5.41) is 10.7. The molecule has 8 heteroatoms. The number of hydrogen-bond donors (Lipinski definition) is 1. The summed E-state index contributed by atoms with van der Waals surface area (Å²) in [5.41, 5.74) is 2.03. The van der Waals surface area contributed by atoms with Crippen molar-refractivity contribution in [3.63, 3.8) is 0 Å². The van der Waals surface area contributed by atoms with Gasteiger partial charge in [0.15, 0.2) is 11.5 Å². The molecule has 0 spiro atoms. The Labute approximate surface area is 162 Å². The van der Waals surface area contributed by atoms with Crippen molar-refractivity contribution in [1.29, 1.82) is 0 Å². The third kappa shape index (κ3) is 4.07. The normalized spacial score (nSPS) is 16.2. The van der Waals surface area contributed by atoms with Crippen LogP contribution in [-0.4, -0.2) is 48.7 Å². The van der Waals surface area contributed by atoms with Crippen molar-refractivity contribution >= 4 is 11.6 Å². The Hall–Kier alpha value is -3.13. The number of piperazine rings is 1. The summed E-state index contributed by atoms with van der Waals surface area (Å²) >= 11 is 0. The number of nitro benzene ring substituents is 1. The maximum Gasteiger partial charge on any atom is 0.269 e. The van der Waals surface area contributed by atoms with E-state index in [2.05, 4.69) is 6.07 Å². The molecule has 28 heavy (non-hydrogen) atoms. The SMILES string of the molecule is O=C(Cc1ccc([N+](=O)[O-])cc1)N1CC[NH+](Cc2ccc3c(c2)OCO3)CC1. The van der Waals surface area contributed by atoms with Gasteiger partial charge in [-0.25, -0.2) is 0 Å². The van der Waals surface area contributed by atoms with Crippen molar-refractivity contribution in [2.75, 3.05) is 33.0 Å². The summed E-state index contributed by atoms with van der Waals surface area (Å²) in [6.45, 7) is 4.38. The number of amides is 1. The van der Waals surface area contributed by atoms with Gasteiger partial charge in [0.05, 0.1) is 37.5 Å². The number of nitrogens with one attached hydrogen (secondary N) is 1. The molecule has 2 heterocycles. The molecule has 0 radical (unpaired) electrons. The van der Waals surface area contributed by atoms with Gasteiger partial charge >= 0.3 is 0 Å². The smallest absolute Gasteiger partial charge is 0.269 e. The Morgan fingerprint density at radius 2 is 1.71 bits per heavy atom. The molecule has 0 bridgehead atoms. The van der Waals surface area contributed by atoms with Crippen molar-refractivity contribution in [2.24, 2.45) is 0 Å². The van der Waals surface area contributed by atoms with Crippen LogP contribution in [0.4, 0.5) is 5.69 Å². The van der Waals surface area contributed by atoms with Crippen molar-refractivity contribution in [1.82, 2.24) is 4.90 Å². The van der Waals surface area contributed by atoms with Gasteiger partial charge in [0.25, 0.3) is 5.69 Å². The van der Waals surface area contributed by atoms with Crippen LogP contribution in [0, 0.1) is 10.1 Å². The fourth-order valence-electron chi connectivity index (χ4n) is 3.61. The van der Waals surface area contributed by atoms with Crippen LogP contribution in [0.2, 0.25) is 0 Å². The summed E-state index contributed by atoms with van der Waals surface area (Å²) in [6, 6.07) is 12.2. The van der Waals surface area contributed by atoms with Crippen LogP contribution in [0.25, 0.3) is 0 Å². The molecule has 0 aliphatic carbocycles. The average Bonchev–Trinajstić information content (AvgIpc) is 3.17. The largest absolute Gasteiger partial charge is 0.454 e. The average molecular weight is 384 g/mol. The molecule has 4 rings (SSSR count). The molecule has 2 aromatic rings. The number of carbonyl (C=O) groups is 1. The van der Waals surface area contributed by atoms with Gasteiger partial charge < -0.3 is 19.3 Å². The first kappa shape index (κ1) is 18.2. The molecule has 0 aromatic heterocycles. The number of nitro groups is 1. The van der Waals surface area contributed by atoms with Crippen LogP contribution in [0.3, 0.4) is 0 Å². The van der Waals surface area contributed by atoms with Crippen LogP contribution < -0.4 is 14.4 Å². The van der Waals surface area contributed by atoms with Crippen LogP contribution in [0.1, 0.15) is 11.1 Å². The van der Waals surface area contributed by atoms with Crippen LogP contribution in [0.5, 0.6) is 11.5 Å². The Bertz CT molecular complexity index is 876. The number of ether oxygens (including phenoxy) is 2. The molecule has 8 nitrogen and oxygen atoms in total. The van der Waals surface area contributed by atoms with Gasteiger partial charge in [0.2, 0.25) is 12.7 Å². The predicted octanol–water partition coefficient (Wildman–Crippen LogP) is 0.793. The lowest BCUT2D eigenvalue weighted by Gasteiger charge is -2.32. The fraction of sp³-hybridized carbons (Fsp3) is 0.350. The summed E-state index contributed by atoms with van der Waals surface area (Å²) in [4.78, 5) is 26.1. The molecule has 1 fully saturated rings. The van der Waals surface area contributed by atoms with E-state index in [4.69, 9.17) is 9.47 Å². The molecule has 0 unspecified atom stereocenters. The topological polar surface area (TPSA) is 86.4 Å². The number of non-ortho nitro benzene ring substituents is 1. The molecular formula is C20H22N3O5+. The minimum Gasteiger partial charge on any atom is -0.454 e. The molecular weight excluding hydrogens is 362 g/mol. The van der Waals surface area contributed by atoms with Crippen molar-refractivity contribution in [3.05, 3.63) is 63.7 Å². The highest BCUT2D eigenvalue weighted by Gasteiger charge is 2.24. The van der Waals surface area contributed by atoms with Crippen LogP contribution in [0.15, 0.2) is 42.5 Å². The van der Waals surface area contributed by atoms with E-state index in [1.807, 2.05) is 17.0 Å². The first-order valence-corrected chi connectivity index (χ1v) is 9.32. The Kier molecular flexibility index (Phi) is 5.12. The van der Waals surface area contributed by atoms with E-state index in [1.54, 1.807) is 12.1 Å². The monoisotopic (exact) mass is 384 g/mol. The Morgan fingerprint density at radius 3 is 2.43 bits per heavy atom. The highest BCUT2D eigenvalue weighted by Crippen LogP contribution is 2.32. The zero-order chi connectivity index (χ0) is 19.5. The number of hydrogen-bond acceptors (Lipinski definition) is 5. The summed E-state index contributed by atoms with van der Waals surface area (Å²) in [7, 11) is 0. The van der Waals surface area contributed by atoms with Crippen LogP contribution >= 0.6 is 0 Å². The second kappa shape index (κ2) is 7.85.